The Morgan fingerprint density at radius 3 is 1.18 bits per heavy atom. The van der Waals surface area contributed by atoms with E-state index in [0.717, 1.165) is 11.4 Å². The van der Waals surface area contributed by atoms with E-state index in [0.29, 0.717) is 0 Å². The summed E-state index contributed by atoms with van der Waals surface area (Å²) in [5, 5.41) is 10.5. The molecule has 3 heteroatoms. The van der Waals surface area contributed by atoms with Gasteiger partial charge in [0.15, 0.2) is 0 Å². The first kappa shape index (κ1) is 25.5. The molecule has 0 amide bonds. The van der Waals surface area contributed by atoms with Gasteiger partial charge in [-0.2, -0.15) is 0 Å². The highest BCUT2D eigenvalue weighted by molar-refractivity contribution is 6.38. The van der Waals surface area contributed by atoms with Crippen molar-refractivity contribution in [2.75, 3.05) is 0 Å². The van der Waals surface area contributed by atoms with Gasteiger partial charge in [0, 0.05) is 54.8 Å². The van der Waals surface area contributed by atoms with E-state index in [4.69, 9.17) is 0 Å². The van der Waals surface area contributed by atoms with Gasteiger partial charge >= 0.3 is 0 Å². The third-order valence-electron chi connectivity index (χ3n) is 10.9. The van der Waals surface area contributed by atoms with Crippen LogP contribution in [0.15, 0.2) is 164 Å². The fraction of sp³-hybridized carbons (Fsp3) is 0. The quantitative estimate of drug-likeness (QED) is 0.186. The van der Waals surface area contributed by atoms with Gasteiger partial charge in [-0.05, 0) is 89.3 Å². The molecule has 0 fully saturated rings. The molecule has 1 aliphatic rings. The number of hydrogen-bond acceptors (Lipinski definition) is 0. The minimum Gasteiger partial charge on any atom is -0.309 e. The lowest BCUT2D eigenvalue weighted by Gasteiger charge is -2.12. The van der Waals surface area contributed by atoms with Crippen molar-refractivity contribution < 1.29 is 0 Å². The lowest BCUT2D eigenvalue weighted by atomic mass is 9.98. The van der Waals surface area contributed by atoms with Gasteiger partial charge in [0.1, 0.15) is 0 Å². The van der Waals surface area contributed by atoms with E-state index in [1.807, 2.05) is 0 Å². The Morgan fingerprint density at radius 2 is 0.653 bits per heavy atom. The second kappa shape index (κ2) is 9.06. The average molecular weight is 622 g/mol. The van der Waals surface area contributed by atoms with E-state index in [9.17, 15) is 0 Å². The Morgan fingerprint density at radius 1 is 0.245 bits per heavy atom. The van der Waals surface area contributed by atoms with Crippen molar-refractivity contribution >= 4 is 76.2 Å². The van der Waals surface area contributed by atoms with Crippen molar-refractivity contribution in [1.82, 2.24) is 13.7 Å². The lowest BCUT2D eigenvalue weighted by molar-refractivity contribution is 1.14. The largest absolute Gasteiger partial charge is 0.309 e. The van der Waals surface area contributed by atoms with Gasteiger partial charge in [0.05, 0.1) is 33.1 Å². The van der Waals surface area contributed by atoms with Crippen LogP contribution in [0.4, 0.5) is 0 Å². The molecule has 3 aromatic heterocycles. The molecule has 3 heterocycles. The lowest BCUT2D eigenvalue weighted by Crippen LogP contribution is -1.97. The third-order valence-corrected chi connectivity index (χ3v) is 10.9. The summed E-state index contributed by atoms with van der Waals surface area (Å²) in [4.78, 5) is 0. The maximum Gasteiger partial charge on any atom is 0.0548 e. The number of rotatable bonds is 3. The summed E-state index contributed by atoms with van der Waals surface area (Å²) in [6.45, 7) is 0. The molecule has 1 aliphatic carbocycles. The van der Waals surface area contributed by atoms with Gasteiger partial charge in [0.2, 0.25) is 0 Å². The zero-order valence-electron chi connectivity index (χ0n) is 26.4. The van der Waals surface area contributed by atoms with Gasteiger partial charge in [-0.3, -0.25) is 0 Å². The summed E-state index contributed by atoms with van der Waals surface area (Å²) >= 11 is 0. The first-order chi connectivity index (χ1) is 24.3. The van der Waals surface area contributed by atoms with Crippen LogP contribution in [0.2, 0.25) is 0 Å². The normalized spacial score (nSPS) is 12.5. The van der Waals surface area contributed by atoms with Crippen molar-refractivity contribution in [2.24, 2.45) is 0 Å². The minimum absolute atomic E-state index is 1.16. The van der Waals surface area contributed by atoms with Crippen LogP contribution in [-0.2, 0) is 0 Å². The first-order valence-electron chi connectivity index (χ1n) is 17.0. The molecule has 0 N–H and O–H groups in total. The van der Waals surface area contributed by atoms with Crippen molar-refractivity contribution in [1.29, 1.82) is 0 Å². The van der Waals surface area contributed by atoms with Gasteiger partial charge in [-0.15, -0.1) is 0 Å². The van der Waals surface area contributed by atoms with Crippen LogP contribution >= 0.6 is 0 Å². The molecule has 3 nitrogen and oxygen atoms in total. The van der Waals surface area contributed by atoms with Crippen molar-refractivity contribution in [2.45, 2.75) is 0 Å². The third kappa shape index (κ3) is 3.13. The topological polar surface area (TPSA) is 14.8 Å². The molecule has 0 unspecified atom stereocenters. The molecular formula is C46H27N3. The van der Waals surface area contributed by atoms with Crippen molar-refractivity contribution in [3.8, 4) is 28.2 Å². The number of hydrogen-bond donors (Lipinski definition) is 0. The maximum absolute atomic E-state index is 2.47. The predicted octanol–water partition coefficient (Wildman–Crippen LogP) is 12.1. The van der Waals surface area contributed by atoms with Crippen LogP contribution in [0, 0.1) is 0 Å². The smallest absolute Gasteiger partial charge is 0.0548 e. The summed E-state index contributed by atoms with van der Waals surface area (Å²) < 4.78 is 7.31. The highest BCUT2D eigenvalue weighted by Gasteiger charge is 2.27. The van der Waals surface area contributed by atoms with E-state index < -0.39 is 0 Å². The molecule has 226 valence electrons. The standard InChI is InChI=1S/C46H27N3/c1-2-10-29(11-3-1)48-38-18-8-14-34-35-15-9-19-39-44(35)46-41(27-21-28-20-26-40(48)45(42(28)46)43(34)38)49(39)31-24-22-30(23-25-31)47-36-16-6-4-12-32(36)33-13-5-7-17-37(33)47/h1-27H. The Hall–Kier alpha value is -6.58. The number of fused-ring (bicyclic) bond motifs is 4. The molecule has 0 aliphatic heterocycles. The molecule has 49 heavy (non-hydrogen) atoms. The summed E-state index contributed by atoms with van der Waals surface area (Å²) in [5.74, 6) is 0. The average Bonchev–Trinajstić information content (AvgIpc) is 3.78. The van der Waals surface area contributed by atoms with Crippen LogP contribution in [0.25, 0.3) is 104 Å². The fourth-order valence-corrected chi connectivity index (χ4v) is 9.05. The highest BCUT2D eigenvalue weighted by Crippen LogP contribution is 2.51. The summed E-state index contributed by atoms with van der Waals surface area (Å²) in [6.07, 6.45) is 0. The van der Waals surface area contributed by atoms with Crippen LogP contribution in [-0.4, -0.2) is 13.7 Å². The fourth-order valence-electron chi connectivity index (χ4n) is 9.05. The number of nitrogens with zero attached hydrogens (tertiary/aromatic N) is 3. The molecule has 0 saturated heterocycles. The van der Waals surface area contributed by atoms with Gasteiger partial charge in [0.25, 0.3) is 0 Å². The van der Waals surface area contributed by atoms with E-state index in [1.165, 1.54) is 93.0 Å². The molecular weight excluding hydrogens is 595 g/mol. The van der Waals surface area contributed by atoms with Gasteiger partial charge in [-0.1, -0.05) is 91.0 Å². The van der Waals surface area contributed by atoms with Crippen LogP contribution in [0.1, 0.15) is 0 Å². The van der Waals surface area contributed by atoms with Crippen LogP contribution < -0.4 is 0 Å². The SMILES string of the molecule is c1ccc(-n2c3cccc4c3c3c5c(ccc32)ccc2c5c3c-4cccc3n2-c2ccc(-n3c4ccccc4c4ccccc43)cc2)cc1. The molecule has 0 spiro atoms. The molecule has 0 radical (unpaired) electrons. The minimum atomic E-state index is 1.16. The summed E-state index contributed by atoms with van der Waals surface area (Å²) in [6, 6.07) is 60.3. The number of aromatic nitrogens is 3. The van der Waals surface area contributed by atoms with Crippen molar-refractivity contribution in [3.05, 3.63) is 164 Å². The van der Waals surface area contributed by atoms with Crippen molar-refractivity contribution in [3.63, 3.8) is 0 Å². The zero-order chi connectivity index (χ0) is 31.8. The number of para-hydroxylation sites is 3. The molecule has 12 rings (SSSR count). The monoisotopic (exact) mass is 621 g/mol. The second-order valence-corrected chi connectivity index (χ2v) is 13.3. The Bertz CT molecular complexity index is 3140. The Balaban J connectivity index is 1.17. The highest BCUT2D eigenvalue weighted by atomic mass is 15.0. The van der Waals surface area contributed by atoms with E-state index in [-0.39, 0.29) is 0 Å². The van der Waals surface area contributed by atoms with Gasteiger partial charge < -0.3 is 13.7 Å². The van der Waals surface area contributed by atoms with E-state index >= 15 is 0 Å². The second-order valence-electron chi connectivity index (χ2n) is 13.3. The molecule has 0 saturated carbocycles. The van der Waals surface area contributed by atoms with Gasteiger partial charge in [-0.25, -0.2) is 0 Å². The Kier molecular flexibility index (Phi) is 4.72. The molecule has 8 aromatic carbocycles. The number of benzene rings is 8. The van der Waals surface area contributed by atoms with Crippen LogP contribution in [0.5, 0.6) is 0 Å². The molecule has 0 bridgehead atoms. The zero-order valence-corrected chi connectivity index (χ0v) is 26.4. The summed E-state index contributed by atoms with van der Waals surface area (Å²) in [7, 11) is 0. The predicted molar refractivity (Wildman–Crippen MR) is 206 cm³/mol. The van der Waals surface area contributed by atoms with E-state index in [2.05, 4.69) is 177 Å². The van der Waals surface area contributed by atoms with Crippen LogP contribution in [0.3, 0.4) is 0 Å². The van der Waals surface area contributed by atoms with E-state index in [1.54, 1.807) is 0 Å². The molecule has 11 aromatic rings. The summed E-state index contributed by atoms with van der Waals surface area (Å²) in [5.41, 5.74) is 13.5. The Labute approximate surface area is 281 Å². The molecule has 0 atom stereocenters. The first-order valence-corrected chi connectivity index (χ1v) is 17.0. The maximum atomic E-state index is 2.47.